The van der Waals surface area contributed by atoms with E-state index in [0.29, 0.717) is 34.7 Å². The number of piperazine rings is 1. The molecule has 148 valence electrons. The summed E-state index contributed by atoms with van der Waals surface area (Å²) < 4.78 is 0. The molecule has 0 saturated carbocycles. The van der Waals surface area contributed by atoms with E-state index in [9.17, 15) is 0 Å². The van der Waals surface area contributed by atoms with E-state index >= 15 is 0 Å². The van der Waals surface area contributed by atoms with Crippen molar-refractivity contribution in [1.82, 2.24) is 15.2 Å². The van der Waals surface area contributed by atoms with Crippen LogP contribution >= 0.6 is 0 Å². The summed E-state index contributed by atoms with van der Waals surface area (Å²) in [7, 11) is 0. The van der Waals surface area contributed by atoms with E-state index in [2.05, 4.69) is 36.0 Å². The first kappa shape index (κ1) is 21.1. The lowest BCUT2D eigenvalue weighted by molar-refractivity contribution is 0.262. The highest BCUT2D eigenvalue weighted by Gasteiger charge is 2.23. The van der Waals surface area contributed by atoms with Gasteiger partial charge in [-0.1, -0.05) is 20.8 Å². The topological polar surface area (TPSA) is 90.4 Å². The molecule has 1 fully saturated rings. The van der Waals surface area contributed by atoms with Gasteiger partial charge in [0.1, 0.15) is 11.7 Å². The van der Waals surface area contributed by atoms with Gasteiger partial charge in [0.05, 0.1) is 11.4 Å². The zero-order valence-electron chi connectivity index (χ0n) is 17.3. The molecule has 6 heteroatoms. The Hall–Kier alpha value is -2.21. The van der Waals surface area contributed by atoms with Crippen LogP contribution in [0.2, 0.25) is 0 Å². The van der Waals surface area contributed by atoms with Crippen LogP contribution < -0.4 is 11.1 Å². The molecule has 0 radical (unpaired) electrons. The predicted octanol–water partition coefficient (Wildman–Crippen LogP) is 3.45. The average Bonchev–Trinajstić information content (AvgIpc) is 2.62. The monoisotopic (exact) mass is 370 g/mol. The molecule has 0 aliphatic carbocycles. The van der Waals surface area contributed by atoms with Crippen LogP contribution in [0.5, 0.6) is 0 Å². The summed E-state index contributed by atoms with van der Waals surface area (Å²) >= 11 is 0. The highest BCUT2D eigenvalue weighted by Crippen LogP contribution is 2.19. The molecule has 27 heavy (non-hydrogen) atoms. The number of rotatable bonds is 6. The van der Waals surface area contributed by atoms with Crippen LogP contribution in [-0.2, 0) is 0 Å². The Kier molecular flexibility index (Phi) is 7.54. The van der Waals surface area contributed by atoms with E-state index in [1.165, 1.54) is 0 Å². The maximum Gasteiger partial charge on any atom is 0.132 e. The second kappa shape index (κ2) is 9.65. The summed E-state index contributed by atoms with van der Waals surface area (Å²) in [5, 5.41) is 12.3. The van der Waals surface area contributed by atoms with Gasteiger partial charge in [0, 0.05) is 43.9 Å². The van der Waals surface area contributed by atoms with E-state index in [0.717, 1.165) is 43.9 Å². The molecule has 0 aromatic carbocycles. The second-order valence-corrected chi connectivity index (χ2v) is 7.77. The van der Waals surface area contributed by atoms with Crippen molar-refractivity contribution in [3.05, 3.63) is 35.2 Å². The van der Waals surface area contributed by atoms with Gasteiger partial charge in [0.15, 0.2) is 0 Å². The number of aliphatic imine (C=N–C) groups is 1. The Morgan fingerprint density at radius 1 is 1.44 bits per heavy atom. The first-order valence-electron chi connectivity index (χ1n) is 9.86. The van der Waals surface area contributed by atoms with E-state index in [1.54, 1.807) is 12.3 Å². The fraction of sp³-hybridized carbons (Fsp3) is 0.571. The maximum absolute atomic E-state index is 8.66. The first-order chi connectivity index (χ1) is 12.8. The number of pyridine rings is 1. The Balaban J connectivity index is 2.28. The van der Waals surface area contributed by atoms with Crippen LogP contribution in [0.15, 0.2) is 34.6 Å². The van der Waals surface area contributed by atoms with Gasteiger partial charge in [-0.2, -0.15) is 0 Å². The minimum atomic E-state index is 0.334. The van der Waals surface area contributed by atoms with Crippen LogP contribution in [0.25, 0.3) is 0 Å². The standard InChI is InChI=1S/C21H34N6/c1-6-18(27-11-10-24-16(13-27)12-14(2)3)26-20(15(4)5)19(22)17-8-7-9-25-21(17)23/h7-9,14,16,22,24H,6,10-13H2,1-5H3,(H2,23,25)/t16-/m0/s1. The lowest BCUT2D eigenvalue weighted by atomic mass is 10.0. The number of amidine groups is 1. The Morgan fingerprint density at radius 2 is 2.19 bits per heavy atom. The normalized spacial score (nSPS) is 17.9. The van der Waals surface area contributed by atoms with Crippen molar-refractivity contribution in [2.45, 2.75) is 53.5 Å². The van der Waals surface area contributed by atoms with E-state index in [4.69, 9.17) is 16.1 Å². The van der Waals surface area contributed by atoms with Crippen LogP contribution in [-0.4, -0.2) is 47.1 Å². The molecule has 4 N–H and O–H groups in total. The minimum Gasteiger partial charge on any atom is -0.383 e. The summed E-state index contributed by atoms with van der Waals surface area (Å²) in [6.45, 7) is 13.5. The van der Waals surface area contributed by atoms with Gasteiger partial charge in [0.25, 0.3) is 0 Å². The lowest BCUT2D eigenvalue weighted by Gasteiger charge is -2.36. The molecule has 1 atom stereocenters. The molecular formula is C21H34N6. The Labute approximate surface area is 163 Å². The highest BCUT2D eigenvalue weighted by molar-refractivity contribution is 6.14. The largest absolute Gasteiger partial charge is 0.383 e. The van der Waals surface area contributed by atoms with Crippen molar-refractivity contribution in [3.8, 4) is 0 Å². The maximum atomic E-state index is 8.66. The summed E-state index contributed by atoms with van der Waals surface area (Å²) in [6.07, 6.45) is 3.64. The fourth-order valence-corrected chi connectivity index (χ4v) is 3.46. The van der Waals surface area contributed by atoms with Crippen molar-refractivity contribution in [1.29, 1.82) is 5.41 Å². The van der Waals surface area contributed by atoms with Gasteiger partial charge in [-0.05, 0) is 43.9 Å². The molecular weight excluding hydrogens is 336 g/mol. The average molecular weight is 371 g/mol. The second-order valence-electron chi connectivity index (χ2n) is 7.77. The van der Waals surface area contributed by atoms with Gasteiger partial charge < -0.3 is 16.0 Å². The molecule has 1 aromatic heterocycles. The third kappa shape index (κ3) is 5.63. The van der Waals surface area contributed by atoms with E-state index in [-0.39, 0.29) is 0 Å². The number of nitrogens with two attached hydrogens (primary N) is 1. The van der Waals surface area contributed by atoms with Crippen molar-refractivity contribution >= 4 is 17.4 Å². The number of anilines is 1. The number of hydrogen-bond donors (Lipinski definition) is 3. The zero-order valence-corrected chi connectivity index (χ0v) is 17.3. The molecule has 1 aromatic rings. The summed E-state index contributed by atoms with van der Waals surface area (Å²) in [5.41, 5.74) is 8.64. The predicted molar refractivity (Wildman–Crippen MR) is 114 cm³/mol. The van der Waals surface area contributed by atoms with Gasteiger partial charge in [-0.15, -0.1) is 0 Å². The summed E-state index contributed by atoms with van der Waals surface area (Å²) in [5.74, 6) is 2.07. The molecule has 0 unspecified atom stereocenters. The lowest BCUT2D eigenvalue weighted by Crippen LogP contribution is -2.53. The van der Waals surface area contributed by atoms with E-state index < -0.39 is 0 Å². The van der Waals surface area contributed by atoms with Crippen molar-refractivity contribution < 1.29 is 0 Å². The molecule has 0 bridgehead atoms. The smallest absolute Gasteiger partial charge is 0.132 e. The zero-order chi connectivity index (χ0) is 20.0. The SMILES string of the molecule is CCC(=NC(C(=N)c1cccnc1N)=C(C)C)N1CCN[C@@H](CC(C)C)C1. The number of nitrogens with one attached hydrogen (secondary N) is 2. The number of nitrogen functional groups attached to an aromatic ring is 1. The molecule has 1 aliphatic rings. The van der Waals surface area contributed by atoms with Crippen LogP contribution in [0.3, 0.4) is 0 Å². The van der Waals surface area contributed by atoms with E-state index in [1.807, 2.05) is 19.9 Å². The van der Waals surface area contributed by atoms with Crippen LogP contribution in [0.4, 0.5) is 5.82 Å². The molecule has 1 saturated heterocycles. The van der Waals surface area contributed by atoms with Crippen molar-refractivity contribution in [2.75, 3.05) is 25.4 Å². The van der Waals surface area contributed by atoms with Crippen LogP contribution in [0.1, 0.15) is 53.0 Å². The summed E-state index contributed by atoms with van der Waals surface area (Å²) in [6, 6.07) is 4.12. The fourth-order valence-electron chi connectivity index (χ4n) is 3.46. The third-order valence-corrected chi connectivity index (χ3v) is 4.75. The van der Waals surface area contributed by atoms with Crippen molar-refractivity contribution in [3.63, 3.8) is 0 Å². The molecule has 1 aliphatic heterocycles. The number of allylic oxidation sites excluding steroid dienone is 2. The molecule has 0 amide bonds. The third-order valence-electron chi connectivity index (χ3n) is 4.75. The number of nitrogens with zero attached hydrogens (tertiary/aromatic N) is 3. The van der Waals surface area contributed by atoms with Crippen LogP contribution in [0, 0.1) is 11.3 Å². The summed E-state index contributed by atoms with van der Waals surface area (Å²) in [4.78, 5) is 11.4. The van der Waals surface area contributed by atoms with Gasteiger partial charge >= 0.3 is 0 Å². The van der Waals surface area contributed by atoms with Crippen molar-refractivity contribution in [2.24, 2.45) is 10.9 Å². The molecule has 2 heterocycles. The number of aromatic nitrogens is 1. The molecule has 6 nitrogen and oxygen atoms in total. The Morgan fingerprint density at radius 3 is 2.78 bits per heavy atom. The minimum absolute atomic E-state index is 0.334. The van der Waals surface area contributed by atoms with Gasteiger partial charge in [-0.3, -0.25) is 5.41 Å². The number of hydrogen-bond acceptors (Lipinski definition) is 5. The first-order valence-corrected chi connectivity index (χ1v) is 9.86. The molecule has 2 rings (SSSR count). The molecule has 0 spiro atoms. The van der Waals surface area contributed by atoms with Gasteiger partial charge in [0.2, 0.25) is 0 Å². The quantitative estimate of drug-likeness (QED) is 0.528. The van der Waals surface area contributed by atoms with Gasteiger partial charge in [-0.25, -0.2) is 9.98 Å². The Bertz CT molecular complexity index is 715. The highest BCUT2D eigenvalue weighted by atomic mass is 15.2.